The number of Topliss-reactive ketones (excluding diaryl/α,β-unsaturated/α-hetero) is 1. The number of likely N-dealkylation sites (tertiary alicyclic amines) is 2. The van der Waals surface area contributed by atoms with Crippen molar-refractivity contribution in [2.45, 2.75) is 70.5 Å². The fourth-order valence-electron chi connectivity index (χ4n) is 5.88. The van der Waals surface area contributed by atoms with Crippen LogP contribution in [0.15, 0.2) is 30.3 Å². The van der Waals surface area contributed by atoms with Crippen molar-refractivity contribution in [2.75, 3.05) is 13.1 Å². The molecule has 1 aliphatic carbocycles. The highest BCUT2D eigenvalue weighted by atomic mass is 16.2. The summed E-state index contributed by atoms with van der Waals surface area (Å²) in [7, 11) is 0. The molecule has 0 saturated carbocycles. The predicted molar refractivity (Wildman–Crippen MR) is 117 cm³/mol. The molecule has 0 spiro atoms. The molecule has 0 bridgehead atoms. The van der Waals surface area contributed by atoms with Crippen LogP contribution in [0.25, 0.3) is 0 Å². The summed E-state index contributed by atoms with van der Waals surface area (Å²) < 4.78 is 0. The van der Waals surface area contributed by atoms with Gasteiger partial charge in [-0.1, -0.05) is 30.3 Å². The molecule has 2 saturated heterocycles. The van der Waals surface area contributed by atoms with Gasteiger partial charge in [-0.15, -0.1) is 0 Å². The maximum atomic E-state index is 13.6. The van der Waals surface area contributed by atoms with E-state index in [9.17, 15) is 9.59 Å². The summed E-state index contributed by atoms with van der Waals surface area (Å²) >= 11 is 0. The molecule has 2 aromatic rings. The van der Waals surface area contributed by atoms with Gasteiger partial charge in [0, 0.05) is 42.9 Å². The number of hydrogen-bond donors (Lipinski definition) is 1. The molecule has 1 aromatic heterocycles. The molecule has 2 atom stereocenters. The largest absolute Gasteiger partial charge is 0.354 e. The number of aromatic amines is 1. The number of benzene rings is 1. The lowest BCUT2D eigenvalue weighted by Crippen LogP contribution is -2.48. The molecule has 5 nitrogen and oxygen atoms in total. The minimum atomic E-state index is 0.0868. The molecule has 0 unspecified atom stereocenters. The van der Waals surface area contributed by atoms with E-state index in [-0.39, 0.29) is 17.7 Å². The third kappa shape index (κ3) is 3.39. The first-order valence-electron chi connectivity index (χ1n) is 11.5. The Bertz CT molecular complexity index is 949. The van der Waals surface area contributed by atoms with E-state index in [1.807, 2.05) is 6.92 Å². The maximum Gasteiger partial charge on any atom is 0.270 e. The topological polar surface area (TPSA) is 56.4 Å². The van der Waals surface area contributed by atoms with Crippen LogP contribution in [-0.2, 0) is 13.0 Å². The fourth-order valence-corrected chi connectivity index (χ4v) is 5.88. The zero-order valence-corrected chi connectivity index (χ0v) is 17.8. The lowest BCUT2D eigenvalue weighted by molar-refractivity contribution is 0.0633. The number of fused-ring (bicyclic) bond motifs is 1. The summed E-state index contributed by atoms with van der Waals surface area (Å²) in [5.74, 6) is 0.274. The number of rotatable bonds is 4. The minimum Gasteiger partial charge on any atom is -0.354 e. The lowest BCUT2D eigenvalue weighted by atomic mass is 9.93. The second-order valence-electron chi connectivity index (χ2n) is 9.13. The Morgan fingerprint density at radius 1 is 1.03 bits per heavy atom. The Morgan fingerprint density at radius 2 is 1.80 bits per heavy atom. The van der Waals surface area contributed by atoms with Gasteiger partial charge in [0.2, 0.25) is 0 Å². The second-order valence-corrected chi connectivity index (χ2v) is 9.13. The molecular formula is C25H31N3O2. The molecular weight excluding hydrogens is 374 g/mol. The summed E-state index contributed by atoms with van der Waals surface area (Å²) in [5.41, 5.74) is 4.60. The van der Waals surface area contributed by atoms with Crippen LogP contribution >= 0.6 is 0 Å². The molecule has 3 heterocycles. The van der Waals surface area contributed by atoms with Crippen LogP contribution < -0.4 is 0 Å². The van der Waals surface area contributed by atoms with Gasteiger partial charge in [-0.25, -0.2) is 0 Å². The van der Waals surface area contributed by atoms with E-state index in [0.29, 0.717) is 18.2 Å². The molecule has 5 rings (SSSR count). The van der Waals surface area contributed by atoms with Crippen molar-refractivity contribution >= 4 is 11.7 Å². The summed E-state index contributed by atoms with van der Waals surface area (Å²) in [6.07, 6.45) is 6.82. The number of ketones is 1. The molecule has 2 aliphatic heterocycles. The Hall–Kier alpha value is -2.40. The normalized spacial score (nSPS) is 24.4. The summed E-state index contributed by atoms with van der Waals surface area (Å²) in [6, 6.07) is 11.3. The third-order valence-corrected chi connectivity index (χ3v) is 7.30. The van der Waals surface area contributed by atoms with Gasteiger partial charge in [-0.3, -0.25) is 14.5 Å². The van der Waals surface area contributed by atoms with E-state index in [0.717, 1.165) is 68.6 Å². The first-order chi connectivity index (χ1) is 14.6. The van der Waals surface area contributed by atoms with Gasteiger partial charge in [-0.2, -0.15) is 0 Å². The molecule has 3 aliphatic rings. The highest BCUT2D eigenvalue weighted by molar-refractivity contribution is 6.04. The number of H-pyrrole nitrogens is 1. The van der Waals surface area contributed by atoms with Gasteiger partial charge in [0.1, 0.15) is 5.69 Å². The summed E-state index contributed by atoms with van der Waals surface area (Å²) in [5, 5.41) is 0. The Morgan fingerprint density at radius 3 is 2.60 bits per heavy atom. The van der Waals surface area contributed by atoms with E-state index in [4.69, 9.17) is 0 Å². The van der Waals surface area contributed by atoms with Gasteiger partial charge in [0.25, 0.3) is 5.91 Å². The lowest BCUT2D eigenvalue weighted by Gasteiger charge is -2.35. The highest BCUT2D eigenvalue weighted by Crippen LogP contribution is 2.33. The zero-order chi connectivity index (χ0) is 20.7. The number of carbonyl (C=O) groups is 2. The molecule has 2 fully saturated rings. The summed E-state index contributed by atoms with van der Waals surface area (Å²) in [4.78, 5) is 34.0. The standard InChI is InChI=1S/C25H31N3O2/c1-17-23-19(10-5-13-22(23)29)26-24(17)25(30)28-15-7-12-21(28)20-11-6-14-27(20)16-18-8-3-2-4-9-18/h2-4,8-9,20-21,26H,5-7,10-16H2,1H3/t20-,21-/m1/s1. The van der Waals surface area contributed by atoms with Crippen molar-refractivity contribution < 1.29 is 9.59 Å². The van der Waals surface area contributed by atoms with Crippen molar-refractivity contribution in [1.29, 1.82) is 0 Å². The van der Waals surface area contributed by atoms with Crippen LogP contribution in [0.2, 0.25) is 0 Å². The number of nitrogens with one attached hydrogen (secondary N) is 1. The van der Waals surface area contributed by atoms with Crippen LogP contribution in [0.3, 0.4) is 0 Å². The van der Waals surface area contributed by atoms with Crippen LogP contribution in [0.5, 0.6) is 0 Å². The van der Waals surface area contributed by atoms with Crippen molar-refractivity contribution in [2.24, 2.45) is 0 Å². The third-order valence-electron chi connectivity index (χ3n) is 7.30. The predicted octanol–water partition coefficient (Wildman–Crippen LogP) is 4.11. The number of carbonyl (C=O) groups excluding carboxylic acids is 2. The number of aryl methyl sites for hydroxylation is 1. The van der Waals surface area contributed by atoms with Crippen molar-refractivity contribution in [3.8, 4) is 0 Å². The van der Waals surface area contributed by atoms with Crippen molar-refractivity contribution in [1.82, 2.24) is 14.8 Å². The van der Waals surface area contributed by atoms with E-state index in [1.165, 1.54) is 12.0 Å². The average molecular weight is 406 g/mol. The number of nitrogens with zero attached hydrogens (tertiary/aromatic N) is 2. The SMILES string of the molecule is Cc1c(C(=O)N2CCC[C@@H]2[C@H]2CCCN2Cc2ccccc2)[nH]c2c1C(=O)CCC2. The summed E-state index contributed by atoms with van der Waals surface area (Å²) in [6.45, 7) is 4.81. The maximum absolute atomic E-state index is 13.6. The van der Waals surface area contributed by atoms with E-state index in [2.05, 4.69) is 45.1 Å². The van der Waals surface area contributed by atoms with Crippen LogP contribution in [0, 0.1) is 6.92 Å². The van der Waals surface area contributed by atoms with Gasteiger partial charge >= 0.3 is 0 Å². The first-order valence-corrected chi connectivity index (χ1v) is 11.5. The monoisotopic (exact) mass is 405 g/mol. The van der Waals surface area contributed by atoms with Crippen LogP contribution in [-0.4, -0.2) is 51.6 Å². The van der Waals surface area contributed by atoms with Gasteiger partial charge in [-0.05, 0) is 63.1 Å². The number of hydrogen-bond acceptors (Lipinski definition) is 3. The van der Waals surface area contributed by atoms with Gasteiger partial charge in [0.05, 0.1) is 0 Å². The van der Waals surface area contributed by atoms with E-state index in [1.54, 1.807) is 0 Å². The van der Waals surface area contributed by atoms with E-state index >= 15 is 0 Å². The average Bonchev–Trinajstić information content (AvgIpc) is 3.47. The molecule has 158 valence electrons. The smallest absolute Gasteiger partial charge is 0.270 e. The van der Waals surface area contributed by atoms with Crippen molar-refractivity contribution in [3.63, 3.8) is 0 Å². The zero-order valence-electron chi connectivity index (χ0n) is 17.8. The quantitative estimate of drug-likeness (QED) is 0.833. The molecule has 1 amide bonds. The molecule has 30 heavy (non-hydrogen) atoms. The Balaban J connectivity index is 1.37. The Labute approximate surface area is 178 Å². The number of aromatic nitrogens is 1. The van der Waals surface area contributed by atoms with Gasteiger partial charge < -0.3 is 9.88 Å². The van der Waals surface area contributed by atoms with Crippen LogP contribution in [0.1, 0.15) is 76.2 Å². The highest BCUT2D eigenvalue weighted by Gasteiger charge is 2.41. The molecule has 1 N–H and O–H groups in total. The van der Waals surface area contributed by atoms with Gasteiger partial charge in [0.15, 0.2) is 5.78 Å². The Kier molecular flexibility index (Phi) is 5.23. The van der Waals surface area contributed by atoms with Crippen molar-refractivity contribution in [3.05, 3.63) is 58.4 Å². The molecule has 5 heteroatoms. The fraction of sp³-hybridized carbons (Fsp3) is 0.520. The van der Waals surface area contributed by atoms with Crippen LogP contribution in [0.4, 0.5) is 0 Å². The second kappa shape index (κ2) is 8.03. The van der Waals surface area contributed by atoms with E-state index < -0.39 is 0 Å². The first kappa shape index (κ1) is 19.6. The molecule has 0 radical (unpaired) electrons. The molecule has 1 aromatic carbocycles. The number of amides is 1. The minimum absolute atomic E-state index is 0.0868.